The maximum Gasteiger partial charge on any atom is 0.232 e. The van der Waals surface area contributed by atoms with E-state index in [1.54, 1.807) is 17.9 Å². The molecule has 0 N–H and O–H groups in total. The average molecular weight is 366 g/mol. The van der Waals surface area contributed by atoms with Crippen LogP contribution < -0.4 is 10.2 Å². The van der Waals surface area contributed by atoms with Gasteiger partial charge in [0.25, 0.3) is 0 Å². The average Bonchev–Trinajstić information content (AvgIpc) is 3.15. The Labute approximate surface area is 157 Å². The number of methoxy groups -OCH3 is 1. The van der Waals surface area contributed by atoms with Crippen LogP contribution in [-0.2, 0) is 6.42 Å². The van der Waals surface area contributed by atoms with Gasteiger partial charge in [-0.2, -0.15) is 4.98 Å². The molecule has 0 atom stereocenters. The lowest BCUT2D eigenvalue weighted by molar-refractivity contribution is 0.0894. The molecule has 2 aromatic heterocycles. The van der Waals surface area contributed by atoms with Crippen molar-refractivity contribution in [3.63, 3.8) is 0 Å². The van der Waals surface area contributed by atoms with Crippen LogP contribution in [0.1, 0.15) is 31.0 Å². The minimum atomic E-state index is -0.0702. The Kier molecular flexibility index (Phi) is 5.80. The molecule has 7 heteroatoms. The quantitative estimate of drug-likeness (QED) is 0.669. The number of carbonyl (C=O) groups is 1. The molecular formula is C20H22N4O3. The highest BCUT2D eigenvalue weighted by atomic mass is 16.5. The monoisotopic (exact) mass is 366 g/mol. The van der Waals surface area contributed by atoms with Crippen LogP contribution in [0.4, 0.5) is 0 Å². The molecule has 3 aromatic rings. The standard InChI is InChI=1S/C20H22N4O3/c1-14(2)21-17-6-4-5-13-24(17)19(25)12-11-18-22-20(23-27-18)15-7-9-16(26-3)10-8-15/h4-10,13-14H,11-12H2,1-3H3. The molecule has 0 radical (unpaired) electrons. The van der Waals surface area contributed by atoms with Crippen LogP contribution >= 0.6 is 0 Å². The molecule has 0 saturated carbocycles. The van der Waals surface area contributed by atoms with Gasteiger partial charge in [-0.25, -0.2) is 0 Å². The summed E-state index contributed by atoms with van der Waals surface area (Å²) in [6.45, 7) is 3.95. The Morgan fingerprint density at radius 3 is 2.70 bits per heavy atom. The van der Waals surface area contributed by atoms with Gasteiger partial charge in [0.1, 0.15) is 11.2 Å². The van der Waals surface area contributed by atoms with Gasteiger partial charge >= 0.3 is 0 Å². The van der Waals surface area contributed by atoms with E-state index in [1.165, 1.54) is 0 Å². The van der Waals surface area contributed by atoms with Gasteiger partial charge in [0.05, 0.1) is 7.11 Å². The molecular weight excluding hydrogens is 344 g/mol. The lowest BCUT2D eigenvalue weighted by Crippen LogP contribution is -2.27. The van der Waals surface area contributed by atoms with Crippen LogP contribution in [0.3, 0.4) is 0 Å². The molecule has 140 valence electrons. The SMILES string of the molecule is COc1ccc(-c2noc(CCC(=O)n3ccccc3=NC(C)C)n2)cc1. The summed E-state index contributed by atoms with van der Waals surface area (Å²) in [5, 5.41) is 3.99. The predicted molar refractivity (Wildman–Crippen MR) is 100 cm³/mol. The van der Waals surface area contributed by atoms with Gasteiger partial charge in [-0.15, -0.1) is 0 Å². The lowest BCUT2D eigenvalue weighted by Gasteiger charge is -2.06. The van der Waals surface area contributed by atoms with E-state index in [4.69, 9.17) is 9.26 Å². The Morgan fingerprint density at radius 2 is 2.00 bits per heavy atom. The molecule has 0 unspecified atom stereocenters. The minimum absolute atomic E-state index is 0.0702. The van der Waals surface area contributed by atoms with Gasteiger partial charge in [-0.1, -0.05) is 11.2 Å². The number of benzene rings is 1. The third-order valence-corrected chi connectivity index (χ3v) is 3.87. The first kappa shape index (κ1) is 18.6. The lowest BCUT2D eigenvalue weighted by atomic mass is 10.2. The van der Waals surface area contributed by atoms with Crippen LogP contribution in [0.15, 0.2) is 58.2 Å². The summed E-state index contributed by atoms with van der Waals surface area (Å²) >= 11 is 0. The largest absolute Gasteiger partial charge is 0.497 e. The zero-order chi connectivity index (χ0) is 19.2. The van der Waals surface area contributed by atoms with Crippen molar-refractivity contribution in [2.45, 2.75) is 32.7 Å². The molecule has 0 saturated heterocycles. The van der Waals surface area contributed by atoms with E-state index >= 15 is 0 Å². The Morgan fingerprint density at radius 1 is 1.22 bits per heavy atom. The van der Waals surface area contributed by atoms with E-state index in [1.807, 2.05) is 56.3 Å². The van der Waals surface area contributed by atoms with Crippen LogP contribution in [-0.4, -0.2) is 33.8 Å². The molecule has 0 fully saturated rings. The number of carbonyl (C=O) groups excluding carboxylic acids is 1. The van der Waals surface area contributed by atoms with Crippen LogP contribution in [0.5, 0.6) is 5.75 Å². The topological polar surface area (TPSA) is 82.5 Å². The normalized spacial score (nSPS) is 11.8. The van der Waals surface area contributed by atoms with Gasteiger partial charge in [0, 0.05) is 30.6 Å². The minimum Gasteiger partial charge on any atom is -0.497 e. The van der Waals surface area contributed by atoms with E-state index in [2.05, 4.69) is 15.1 Å². The van der Waals surface area contributed by atoms with Crippen molar-refractivity contribution in [2.75, 3.05) is 7.11 Å². The van der Waals surface area contributed by atoms with Crippen LogP contribution in [0, 0.1) is 0 Å². The molecule has 3 rings (SSSR count). The molecule has 0 bridgehead atoms. The van der Waals surface area contributed by atoms with E-state index in [0.717, 1.165) is 11.3 Å². The van der Waals surface area contributed by atoms with E-state index in [-0.39, 0.29) is 18.4 Å². The van der Waals surface area contributed by atoms with Gasteiger partial charge in [-0.3, -0.25) is 14.4 Å². The number of ether oxygens (including phenoxy) is 1. The Bertz CT molecular complexity index is 971. The second kappa shape index (κ2) is 8.44. The number of aryl methyl sites for hydroxylation is 1. The van der Waals surface area contributed by atoms with Crippen molar-refractivity contribution in [3.8, 4) is 17.1 Å². The smallest absolute Gasteiger partial charge is 0.232 e. The van der Waals surface area contributed by atoms with Crippen molar-refractivity contribution in [2.24, 2.45) is 4.99 Å². The summed E-state index contributed by atoms with van der Waals surface area (Å²) in [6.07, 6.45) is 2.34. The Hall–Kier alpha value is -3.22. The molecule has 2 heterocycles. The number of aromatic nitrogens is 3. The molecule has 0 amide bonds. The molecule has 0 aliphatic rings. The van der Waals surface area contributed by atoms with Gasteiger partial charge in [0.2, 0.25) is 17.6 Å². The van der Waals surface area contributed by atoms with Gasteiger partial charge < -0.3 is 9.26 Å². The maximum absolute atomic E-state index is 12.6. The molecule has 0 aliphatic heterocycles. The highest BCUT2D eigenvalue weighted by molar-refractivity contribution is 5.78. The summed E-state index contributed by atoms with van der Waals surface area (Å²) in [5.41, 5.74) is 1.47. The molecule has 27 heavy (non-hydrogen) atoms. The zero-order valence-electron chi connectivity index (χ0n) is 15.6. The van der Waals surface area contributed by atoms with Crippen LogP contribution in [0.2, 0.25) is 0 Å². The molecule has 0 aliphatic carbocycles. The molecule has 0 spiro atoms. The van der Waals surface area contributed by atoms with Gasteiger partial charge in [0.15, 0.2) is 0 Å². The second-order valence-corrected chi connectivity index (χ2v) is 6.29. The summed E-state index contributed by atoms with van der Waals surface area (Å²) in [4.78, 5) is 21.4. The summed E-state index contributed by atoms with van der Waals surface area (Å²) in [7, 11) is 1.61. The fourth-order valence-corrected chi connectivity index (χ4v) is 2.56. The first-order chi connectivity index (χ1) is 13.1. The predicted octanol–water partition coefficient (Wildman–Crippen LogP) is 3.13. The van der Waals surface area contributed by atoms with Crippen molar-refractivity contribution in [1.82, 2.24) is 14.7 Å². The Balaban J connectivity index is 1.69. The zero-order valence-corrected chi connectivity index (χ0v) is 15.6. The van der Waals surface area contributed by atoms with E-state index < -0.39 is 0 Å². The highest BCUT2D eigenvalue weighted by Crippen LogP contribution is 2.20. The number of hydrogen-bond acceptors (Lipinski definition) is 6. The first-order valence-corrected chi connectivity index (χ1v) is 8.78. The van der Waals surface area contributed by atoms with E-state index in [0.29, 0.717) is 23.6 Å². The summed E-state index contributed by atoms with van der Waals surface area (Å²) in [5.74, 6) is 1.60. The first-order valence-electron chi connectivity index (χ1n) is 8.78. The fourth-order valence-electron chi connectivity index (χ4n) is 2.56. The van der Waals surface area contributed by atoms with Crippen molar-refractivity contribution in [1.29, 1.82) is 0 Å². The maximum atomic E-state index is 12.6. The number of rotatable bonds is 6. The third-order valence-electron chi connectivity index (χ3n) is 3.87. The molecule has 7 nitrogen and oxygen atoms in total. The third kappa shape index (κ3) is 4.69. The van der Waals surface area contributed by atoms with E-state index in [9.17, 15) is 4.79 Å². The van der Waals surface area contributed by atoms with Crippen LogP contribution in [0.25, 0.3) is 11.4 Å². The fraction of sp³-hybridized carbons (Fsp3) is 0.300. The highest BCUT2D eigenvalue weighted by Gasteiger charge is 2.12. The van der Waals surface area contributed by atoms with Gasteiger partial charge in [-0.05, 0) is 50.2 Å². The summed E-state index contributed by atoms with van der Waals surface area (Å²) < 4.78 is 12.0. The van der Waals surface area contributed by atoms with Crippen molar-refractivity contribution < 1.29 is 14.1 Å². The van der Waals surface area contributed by atoms with Crippen molar-refractivity contribution in [3.05, 3.63) is 60.0 Å². The number of hydrogen-bond donors (Lipinski definition) is 0. The summed E-state index contributed by atoms with van der Waals surface area (Å²) in [6, 6.07) is 13.0. The number of nitrogens with zero attached hydrogens (tertiary/aromatic N) is 4. The number of pyridine rings is 1. The molecule has 1 aromatic carbocycles. The second-order valence-electron chi connectivity index (χ2n) is 6.29. The van der Waals surface area contributed by atoms with Crippen molar-refractivity contribution >= 4 is 5.91 Å².